The molecule has 0 bridgehead atoms. The second-order valence-corrected chi connectivity index (χ2v) is 10.7. The molecule has 3 N–H and O–H groups in total. The van der Waals surface area contributed by atoms with E-state index < -0.39 is 6.09 Å². The molecule has 0 saturated heterocycles. The number of hydrogen-bond donors (Lipinski definition) is 3. The summed E-state index contributed by atoms with van der Waals surface area (Å²) in [5, 5.41) is 28.7. The highest BCUT2D eigenvalue weighted by Gasteiger charge is 2.30. The summed E-state index contributed by atoms with van der Waals surface area (Å²) in [7, 11) is 1.45. The van der Waals surface area contributed by atoms with E-state index >= 15 is 0 Å². The summed E-state index contributed by atoms with van der Waals surface area (Å²) < 4.78 is 0. The van der Waals surface area contributed by atoms with Crippen LogP contribution in [-0.4, -0.2) is 46.4 Å². The van der Waals surface area contributed by atoms with Gasteiger partial charge in [-0.05, 0) is 40.7 Å². The fourth-order valence-electron chi connectivity index (χ4n) is 4.04. The number of benzene rings is 2. The van der Waals surface area contributed by atoms with Crippen LogP contribution in [0.2, 0.25) is 0 Å². The zero-order valence-electron chi connectivity index (χ0n) is 20.4. The van der Waals surface area contributed by atoms with Gasteiger partial charge in [0.25, 0.3) is 0 Å². The van der Waals surface area contributed by atoms with E-state index in [-0.39, 0.29) is 34.7 Å². The monoisotopic (exact) mass is 451 g/mol. The number of Topliss-reactive ketones (excluding diaryl/α,β-unsaturated/α-hetero) is 1. The van der Waals surface area contributed by atoms with Crippen molar-refractivity contribution in [3.05, 3.63) is 58.1 Å². The van der Waals surface area contributed by atoms with Crippen LogP contribution in [0.3, 0.4) is 0 Å². The summed E-state index contributed by atoms with van der Waals surface area (Å²) in [6.07, 6.45) is -1.08. The first-order valence-electron chi connectivity index (χ1n) is 11.0. The van der Waals surface area contributed by atoms with Crippen molar-refractivity contribution in [2.75, 3.05) is 18.5 Å². The predicted octanol–water partition coefficient (Wildman–Crippen LogP) is 5.13. The number of nitrogens with one attached hydrogen (secondary N) is 1. The van der Waals surface area contributed by atoms with Gasteiger partial charge in [-0.15, -0.1) is 0 Å². The van der Waals surface area contributed by atoms with Gasteiger partial charge < -0.3 is 15.1 Å². The van der Waals surface area contributed by atoms with E-state index in [4.69, 9.17) is 5.41 Å². The maximum absolute atomic E-state index is 13.3. The topological polar surface area (TPSA) is 105 Å². The maximum atomic E-state index is 13.3. The molecule has 176 valence electrons. The van der Waals surface area contributed by atoms with Gasteiger partial charge in [0.05, 0.1) is 6.54 Å². The van der Waals surface area contributed by atoms with Crippen LogP contribution in [-0.2, 0) is 17.4 Å². The van der Waals surface area contributed by atoms with Crippen molar-refractivity contribution < 1.29 is 19.8 Å². The Bertz CT molecular complexity index is 1100. The molecule has 0 aromatic heterocycles. The van der Waals surface area contributed by atoms with E-state index in [9.17, 15) is 19.8 Å². The zero-order valence-corrected chi connectivity index (χ0v) is 20.4. The second-order valence-electron chi connectivity index (χ2n) is 10.7. The Kier molecular flexibility index (Phi) is 6.04. The quantitative estimate of drug-likeness (QED) is 0.559. The lowest BCUT2D eigenvalue weighted by Crippen LogP contribution is -2.31. The standard InChI is InChI=1S/C26H33N3O4/c1-25(2,3)19-10-16(11-20(22(19)31)26(4,5)6)21(30)14-29-13-15-8-9-17(28(7)24(32)33)12-18(15)23(29)27/h8-12,27,31H,13-14H2,1-7H3,(H,32,33). The molecule has 1 amide bonds. The van der Waals surface area contributed by atoms with Gasteiger partial charge >= 0.3 is 6.09 Å². The van der Waals surface area contributed by atoms with Crippen LogP contribution in [0.25, 0.3) is 0 Å². The van der Waals surface area contributed by atoms with Crippen LogP contribution >= 0.6 is 0 Å². The number of fused-ring (bicyclic) bond motifs is 1. The van der Waals surface area contributed by atoms with Gasteiger partial charge in [-0.2, -0.15) is 0 Å². The van der Waals surface area contributed by atoms with E-state index in [1.165, 1.54) is 7.05 Å². The zero-order chi connectivity index (χ0) is 24.9. The number of hydrogen-bond acceptors (Lipinski definition) is 4. The van der Waals surface area contributed by atoms with E-state index in [1.807, 2.05) is 41.5 Å². The van der Waals surface area contributed by atoms with Gasteiger partial charge in [-0.25, -0.2) is 4.79 Å². The lowest BCUT2D eigenvalue weighted by Gasteiger charge is -2.28. The Morgan fingerprint density at radius 1 is 1.03 bits per heavy atom. The molecule has 1 heterocycles. The highest BCUT2D eigenvalue weighted by Crippen LogP contribution is 2.40. The number of nitrogens with zero attached hydrogens (tertiary/aromatic N) is 2. The molecule has 3 rings (SSSR count). The van der Waals surface area contributed by atoms with Crippen LogP contribution in [0.15, 0.2) is 30.3 Å². The largest absolute Gasteiger partial charge is 0.507 e. The van der Waals surface area contributed by atoms with Crippen LogP contribution in [0.4, 0.5) is 10.5 Å². The molecule has 1 aliphatic rings. The number of amides is 1. The van der Waals surface area contributed by atoms with Crippen molar-refractivity contribution in [3.63, 3.8) is 0 Å². The SMILES string of the molecule is CN(C(=O)O)c1ccc2c(c1)C(=N)N(CC(=O)c1cc(C(C)(C)C)c(O)c(C(C)(C)C)c1)C2. The van der Waals surface area contributed by atoms with E-state index in [1.54, 1.807) is 35.2 Å². The van der Waals surface area contributed by atoms with Gasteiger partial charge in [0, 0.05) is 41.5 Å². The number of rotatable bonds is 4. The fourth-order valence-corrected chi connectivity index (χ4v) is 4.04. The van der Waals surface area contributed by atoms with Crippen LogP contribution in [0, 0.1) is 5.41 Å². The lowest BCUT2D eigenvalue weighted by atomic mass is 9.78. The van der Waals surface area contributed by atoms with Gasteiger partial charge in [0.1, 0.15) is 11.6 Å². The van der Waals surface area contributed by atoms with Gasteiger partial charge in [0.15, 0.2) is 5.78 Å². The van der Waals surface area contributed by atoms with Gasteiger partial charge in [-0.3, -0.25) is 15.1 Å². The minimum Gasteiger partial charge on any atom is -0.507 e. The number of phenols is 1. The fraction of sp³-hybridized carbons (Fsp3) is 0.423. The minimum absolute atomic E-state index is 0.0234. The van der Waals surface area contributed by atoms with Crippen molar-refractivity contribution in [1.29, 1.82) is 5.41 Å². The number of aromatic hydroxyl groups is 1. The molecule has 7 heteroatoms. The first kappa shape index (κ1) is 24.3. The molecule has 0 spiro atoms. The predicted molar refractivity (Wildman–Crippen MR) is 130 cm³/mol. The Labute approximate surface area is 195 Å². The third-order valence-corrected chi connectivity index (χ3v) is 6.08. The number of carbonyl (C=O) groups is 2. The smallest absolute Gasteiger partial charge is 0.411 e. The Hall–Kier alpha value is -3.35. The molecule has 0 saturated carbocycles. The minimum atomic E-state index is -1.08. The number of phenolic OH excluding ortho intramolecular Hbond substituents is 1. The van der Waals surface area contributed by atoms with Crippen molar-refractivity contribution >= 4 is 23.4 Å². The van der Waals surface area contributed by atoms with Crippen LogP contribution in [0.1, 0.15) is 74.2 Å². The summed E-state index contributed by atoms with van der Waals surface area (Å²) in [6.45, 7) is 12.4. The van der Waals surface area contributed by atoms with E-state index in [0.717, 1.165) is 21.6 Å². The van der Waals surface area contributed by atoms with Crippen LogP contribution in [0.5, 0.6) is 5.75 Å². The molecule has 33 heavy (non-hydrogen) atoms. The van der Waals surface area contributed by atoms with Crippen molar-refractivity contribution in [2.24, 2.45) is 0 Å². The third-order valence-electron chi connectivity index (χ3n) is 6.08. The average molecular weight is 452 g/mol. The Balaban J connectivity index is 1.91. The first-order chi connectivity index (χ1) is 15.1. The van der Waals surface area contributed by atoms with E-state index in [2.05, 4.69) is 0 Å². The maximum Gasteiger partial charge on any atom is 0.411 e. The molecule has 0 fully saturated rings. The van der Waals surface area contributed by atoms with Crippen LogP contribution < -0.4 is 4.90 Å². The summed E-state index contributed by atoms with van der Waals surface area (Å²) in [5.41, 5.74) is 3.25. The molecule has 0 unspecified atom stereocenters. The number of amidine groups is 1. The van der Waals surface area contributed by atoms with Crippen molar-refractivity contribution in [3.8, 4) is 5.75 Å². The highest BCUT2D eigenvalue weighted by molar-refractivity contribution is 6.06. The molecule has 0 radical (unpaired) electrons. The molecule has 7 nitrogen and oxygen atoms in total. The Morgan fingerprint density at radius 3 is 2.06 bits per heavy atom. The summed E-state index contributed by atoms with van der Waals surface area (Å²) in [5.74, 6) is 0.291. The Morgan fingerprint density at radius 2 is 1.58 bits per heavy atom. The number of carbonyl (C=O) groups excluding carboxylic acids is 1. The lowest BCUT2D eigenvalue weighted by molar-refractivity contribution is 0.0962. The molecule has 2 aromatic carbocycles. The average Bonchev–Trinajstić information content (AvgIpc) is 3.00. The van der Waals surface area contributed by atoms with Gasteiger partial charge in [0.2, 0.25) is 0 Å². The molecular weight excluding hydrogens is 418 g/mol. The molecule has 1 aliphatic heterocycles. The van der Waals surface area contributed by atoms with E-state index in [0.29, 0.717) is 23.4 Å². The number of anilines is 1. The first-order valence-corrected chi connectivity index (χ1v) is 11.0. The molecular formula is C26H33N3O4. The second kappa shape index (κ2) is 8.21. The summed E-state index contributed by atoms with van der Waals surface area (Å²) in [6, 6.07) is 8.71. The normalized spacial score (nSPS) is 13.8. The van der Waals surface area contributed by atoms with Gasteiger partial charge in [-0.1, -0.05) is 47.6 Å². The summed E-state index contributed by atoms with van der Waals surface area (Å²) >= 11 is 0. The summed E-state index contributed by atoms with van der Waals surface area (Å²) in [4.78, 5) is 27.4. The number of ketones is 1. The molecule has 0 aliphatic carbocycles. The highest BCUT2D eigenvalue weighted by atomic mass is 16.4. The molecule has 0 atom stereocenters. The van der Waals surface area contributed by atoms with Crippen molar-refractivity contribution in [2.45, 2.75) is 58.9 Å². The number of carboxylic acid groups (broad SMARTS) is 1. The molecule has 2 aromatic rings. The third kappa shape index (κ3) is 4.72. The van der Waals surface area contributed by atoms with Crippen molar-refractivity contribution in [1.82, 2.24) is 4.90 Å².